The lowest BCUT2D eigenvalue weighted by Gasteiger charge is -2.03. The van der Waals surface area contributed by atoms with Crippen molar-refractivity contribution in [1.29, 1.82) is 0 Å². The van der Waals surface area contributed by atoms with Crippen molar-refractivity contribution in [1.82, 2.24) is 0 Å². The summed E-state index contributed by atoms with van der Waals surface area (Å²) in [5, 5.41) is 1.60. The van der Waals surface area contributed by atoms with Crippen molar-refractivity contribution in [3.63, 3.8) is 0 Å². The van der Waals surface area contributed by atoms with Crippen molar-refractivity contribution in [3.05, 3.63) is 69.7 Å². The lowest BCUT2D eigenvalue weighted by molar-refractivity contribution is 1.42. The van der Waals surface area contributed by atoms with Crippen molar-refractivity contribution in [3.8, 4) is 0 Å². The van der Waals surface area contributed by atoms with Gasteiger partial charge in [0.05, 0.1) is 0 Å². The number of benzene rings is 2. The first-order chi connectivity index (χ1) is 8.74. The SMILES string of the molecule is Clc1cccc(CSSCc2cccc(Cl)c2)c1. The molecule has 0 spiro atoms. The summed E-state index contributed by atoms with van der Waals surface area (Å²) < 4.78 is 0. The van der Waals surface area contributed by atoms with E-state index in [1.165, 1.54) is 11.1 Å². The van der Waals surface area contributed by atoms with Crippen molar-refractivity contribution < 1.29 is 0 Å². The lowest BCUT2D eigenvalue weighted by atomic mass is 10.2. The van der Waals surface area contributed by atoms with Gasteiger partial charge in [0.1, 0.15) is 0 Å². The minimum atomic E-state index is 0.799. The van der Waals surface area contributed by atoms with Crippen LogP contribution in [0.3, 0.4) is 0 Å². The predicted molar refractivity (Wildman–Crippen MR) is 85.5 cm³/mol. The van der Waals surface area contributed by atoms with Crippen molar-refractivity contribution in [2.24, 2.45) is 0 Å². The number of hydrogen-bond donors (Lipinski definition) is 0. The normalized spacial score (nSPS) is 10.6. The van der Waals surface area contributed by atoms with Gasteiger partial charge in [0.15, 0.2) is 0 Å². The summed E-state index contributed by atoms with van der Waals surface area (Å²) >= 11 is 11.9. The van der Waals surface area contributed by atoms with Crippen LogP contribution >= 0.6 is 44.8 Å². The van der Waals surface area contributed by atoms with Crippen LogP contribution in [0, 0.1) is 0 Å². The summed E-state index contributed by atoms with van der Waals surface area (Å²) in [5.74, 6) is 1.93. The van der Waals surface area contributed by atoms with Crippen LogP contribution in [0.5, 0.6) is 0 Å². The van der Waals surface area contributed by atoms with Crippen molar-refractivity contribution in [2.75, 3.05) is 0 Å². The fraction of sp³-hybridized carbons (Fsp3) is 0.143. The highest BCUT2D eigenvalue weighted by Crippen LogP contribution is 2.30. The average molecular weight is 315 g/mol. The van der Waals surface area contributed by atoms with E-state index >= 15 is 0 Å². The molecule has 0 heterocycles. The van der Waals surface area contributed by atoms with Gasteiger partial charge < -0.3 is 0 Å². The fourth-order valence-electron chi connectivity index (χ4n) is 1.47. The maximum atomic E-state index is 5.94. The summed E-state index contributed by atoms with van der Waals surface area (Å²) in [5.41, 5.74) is 2.51. The molecule has 2 rings (SSSR count). The largest absolute Gasteiger partial charge is 0.0890 e. The molecule has 0 radical (unpaired) electrons. The Hall–Kier alpha value is -0.280. The molecule has 0 unspecified atom stereocenters. The van der Waals surface area contributed by atoms with E-state index in [1.807, 2.05) is 58.0 Å². The summed E-state index contributed by atoms with van der Waals surface area (Å²) in [6, 6.07) is 16.0. The topological polar surface area (TPSA) is 0 Å². The molecule has 0 aliphatic carbocycles. The Labute approximate surface area is 125 Å². The minimum absolute atomic E-state index is 0.799. The van der Waals surface area contributed by atoms with Crippen LogP contribution in [0.25, 0.3) is 0 Å². The van der Waals surface area contributed by atoms with E-state index in [2.05, 4.69) is 12.1 Å². The van der Waals surface area contributed by atoms with Gasteiger partial charge in [-0.1, -0.05) is 69.1 Å². The molecule has 4 heteroatoms. The van der Waals surface area contributed by atoms with Gasteiger partial charge in [-0.15, -0.1) is 0 Å². The molecule has 0 aromatic heterocycles. The van der Waals surface area contributed by atoms with Gasteiger partial charge in [0.25, 0.3) is 0 Å². The van der Waals surface area contributed by atoms with E-state index in [1.54, 1.807) is 0 Å². The molecule has 2 aromatic rings. The Kier molecular flexibility index (Phi) is 5.77. The van der Waals surface area contributed by atoms with E-state index in [4.69, 9.17) is 23.2 Å². The third kappa shape index (κ3) is 4.77. The summed E-state index contributed by atoms with van der Waals surface area (Å²) in [7, 11) is 3.66. The zero-order valence-electron chi connectivity index (χ0n) is 9.61. The Morgan fingerprint density at radius 3 is 1.56 bits per heavy atom. The third-order valence-electron chi connectivity index (χ3n) is 2.31. The zero-order valence-corrected chi connectivity index (χ0v) is 12.8. The van der Waals surface area contributed by atoms with Crippen LogP contribution in [0.2, 0.25) is 10.0 Å². The highest BCUT2D eigenvalue weighted by Gasteiger charge is 1.98. The highest BCUT2D eigenvalue weighted by molar-refractivity contribution is 8.76. The molecule has 0 aliphatic rings. The fourth-order valence-corrected chi connectivity index (χ4v) is 4.01. The molecule has 0 bridgehead atoms. The summed E-state index contributed by atoms with van der Waals surface area (Å²) in [6.07, 6.45) is 0. The molecule has 0 saturated heterocycles. The van der Waals surface area contributed by atoms with Gasteiger partial charge in [-0.3, -0.25) is 0 Å². The van der Waals surface area contributed by atoms with E-state index in [-0.39, 0.29) is 0 Å². The van der Waals surface area contributed by atoms with Crippen LogP contribution in [0.4, 0.5) is 0 Å². The first-order valence-corrected chi connectivity index (χ1v) is 8.72. The van der Waals surface area contributed by atoms with Gasteiger partial charge in [-0.25, -0.2) is 0 Å². The molecule has 0 aliphatic heterocycles. The summed E-state index contributed by atoms with van der Waals surface area (Å²) in [4.78, 5) is 0. The molecule has 18 heavy (non-hydrogen) atoms. The second-order valence-corrected chi connectivity index (χ2v) is 7.12. The molecule has 94 valence electrons. The number of rotatable bonds is 5. The quantitative estimate of drug-likeness (QED) is 0.485. The lowest BCUT2D eigenvalue weighted by Crippen LogP contribution is -1.80. The number of hydrogen-bond acceptors (Lipinski definition) is 2. The first kappa shape index (κ1) is 14.1. The van der Waals surface area contributed by atoms with Gasteiger partial charge in [0, 0.05) is 21.6 Å². The third-order valence-corrected chi connectivity index (χ3v) is 5.06. The maximum Gasteiger partial charge on any atom is 0.0409 e. The second-order valence-electron chi connectivity index (χ2n) is 3.78. The predicted octanol–water partition coefficient (Wildman–Crippen LogP) is 6.08. The van der Waals surface area contributed by atoms with Crippen molar-refractivity contribution >= 4 is 44.8 Å². The Balaban J connectivity index is 1.76. The molecule has 0 amide bonds. The Morgan fingerprint density at radius 2 is 1.17 bits per heavy atom. The van der Waals surface area contributed by atoms with Crippen LogP contribution in [-0.4, -0.2) is 0 Å². The first-order valence-electron chi connectivity index (χ1n) is 5.47. The molecule has 0 N–H and O–H groups in total. The van der Waals surface area contributed by atoms with E-state index in [0.717, 1.165) is 21.6 Å². The van der Waals surface area contributed by atoms with E-state index < -0.39 is 0 Å². The van der Waals surface area contributed by atoms with Crippen LogP contribution < -0.4 is 0 Å². The molecular weight excluding hydrogens is 303 g/mol. The zero-order chi connectivity index (χ0) is 12.8. The van der Waals surface area contributed by atoms with E-state index in [9.17, 15) is 0 Å². The van der Waals surface area contributed by atoms with Crippen LogP contribution in [-0.2, 0) is 11.5 Å². The monoisotopic (exact) mass is 314 g/mol. The van der Waals surface area contributed by atoms with E-state index in [0.29, 0.717) is 0 Å². The molecule has 0 atom stereocenters. The molecule has 2 aromatic carbocycles. The van der Waals surface area contributed by atoms with Gasteiger partial charge >= 0.3 is 0 Å². The van der Waals surface area contributed by atoms with Crippen LogP contribution in [0.15, 0.2) is 48.5 Å². The smallest absolute Gasteiger partial charge is 0.0409 e. The molecule has 0 nitrogen and oxygen atoms in total. The Bertz CT molecular complexity index is 467. The molecular formula is C14H12Cl2S2. The maximum absolute atomic E-state index is 5.94. The standard InChI is InChI=1S/C14H12Cl2S2/c15-13-5-1-3-11(7-13)9-17-18-10-12-4-2-6-14(16)8-12/h1-8H,9-10H2. The van der Waals surface area contributed by atoms with Gasteiger partial charge in [0.2, 0.25) is 0 Å². The van der Waals surface area contributed by atoms with Crippen molar-refractivity contribution in [2.45, 2.75) is 11.5 Å². The minimum Gasteiger partial charge on any atom is -0.0890 e. The highest BCUT2D eigenvalue weighted by atomic mass is 35.5. The average Bonchev–Trinajstić information content (AvgIpc) is 2.35. The molecule has 0 saturated carbocycles. The van der Waals surface area contributed by atoms with Gasteiger partial charge in [-0.2, -0.15) is 0 Å². The van der Waals surface area contributed by atoms with Gasteiger partial charge in [-0.05, 0) is 35.4 Å². The second kappa shape index (κ2) is 7.34. The number of halogens is 2. The summed E-state index contributed by atoms with van der Waals surface area (Å²) in [6.45, 7) is 0. The molecule has 0 fully saturated rings. The van der Waals surface area contributed by atoms with Crippen LogP contribution in [0.1, 0.15) is 11.1 Å². The Morgan fingerprint density at radius 1 is 0.722 bits per heavy atom.